The van der Waals surface area contributed by atoms with Gasteiger partial charge in [0.2, 0.25) is 5.13 Å². The van der Waals surface area contributed by atoms with Crippen molar-refractivity contribution in [3.05, 3.63) is 63.0 Å². The Labute approximate surface area is 140 Å². The smallest absolute Gasteiger partial charge is 0.277 e. The first kappa shape index (κ1) is 15.8. The van der Waals surface area contributed by atoms with Gasteiger partial charge in [-0.25, -0.2) is 5.10 Å². The summed E-state index contributed by atoms with van der Waals surface area (Å²) in [5.41, 5.74) is 0.757. The molecule has 3 rings (SSSR count). The average Bonchev–Trinajstić information content (AvgIpc) is 3.02. The molecular formula is C15H13N5O3S. The number of anilines is 1. The lowest BCUT2D eigenvalue weighted by Gasteiger charge is -2.02. The molecule has 1 aromatic carbocycles. The van der Waals surface area contributed by atoms with E-state index < -0.39 is 5.91 Å². The fourth-order valence-corrected chi connectivity index (χ4v) is 2.73. The van der Waals surface area contributed by atoms with Gasteiger partial charge < -0.3 is 4.74 Å². The molecule has 0 saturated carbocycles. The molecule has 0 aliphatic heterocycles. The van der Waals surface area contributed by atoms with Crippen LogP contribution in [0.1, 0.15) is 21.1 Å². The lowest BCUT2D eigenvalue weighted by atomic mass is 10.1. The highest BCUT2D eigenvalue weighted by molar-refractivity contribution is 7.15. The second kappa shape index (κ2) is 7.01. The van der Waals surface area contributed by atoms with Crippen LogP contribution in [0.15, 0.2) is 41.2 Å². The Morgan fingerprint density at radius 1 is 1.29 bits per heavy atom. The highest BCUT2D eigenvalue weighted by Crippen LogP contribution is 2.21. The molecule has 0 spiro atoms. The minimum atomic E-state index is -0.463. The summed E-state index contributed by atoms with van der Waals surface area (Å²) in [6, 6.07) is 10.2. The topological polar surface area (TPSA) is 110 Å². The summed E-state index contributed by atoms with van der Waals surface area (Å²) in [6.07, 6.45) is 0.585. The van der Waals surface area contributed by atoms with Crippen molar-refractivity contribution in [3.8, 4) is 5.75 Å². The number of nitrogens with zero attached hydrogens (tertiary/aromatic N) is 3. The number of nitrogens with one attached hydrogen (secondary N) is 2. The average molecular weight is 343 g/mol. The van der Waals surface area contributed by atoms with Gasteiger partial charge in [0, 0.05) is 12.5 Å². The van der Waals surface area contributed by atoms with Crippen LogP contribution in [-0.4, -0.2) is 33.4 Å². The Morgan fingerprint density at radius 2 is 2.17 bits per heavy atom. The van der Waals surface area contributed by atoms with E-state index in [4.69, 9.17) is 4.74 Å². The van der Waals surface area contributed by atoms with Crippen molar-refractivity contribution in [1.82, 2.24) is 20.4 Å². The van der Waals surface area contributed by atoms with Crippen LogP contribution in [0.3, 0.4) is 0 Å². The number of H-pyrrole nitrogens is 1. The predicted molar refractivity (Wildman–Crippen MR) is 88.5 cm³/mol. The second-order valence-electron chi connectivity index (χ2n) is 4.79. The Kier molecular flexibility index (Phi) is 4.62. The van der Waals surface area contributed by atoms with Crippen LogP contribution in [0.2, 0.25) is 0 Å². The number of rotatable bonds is 5. The molecule has 0 aliphatic carbocycles. The highest BCUT2D eigenvalue weighted by Gasteiger charge is 2.12. The fourth-order valence-electron chi connectivity index (χ4n) is 1.96. The molecule has 2 heterocycles. The Hall–Kier alpha value is -3.07. The molecular weight excluding hydrogens is 330 g/mol. The van der Waals surface area contributed by atoms with Gasteiger partial charge in [-0.15, -0.1) is 10.2 Å². The predicted octanol–water partition coefficient (Wildman–Crippen LogP) is 1.47. The largest absolute Gasteiger partial charge is 0.497 e. The zero-order chi connectivity index (χ0) is 16.9. The van der Waals surface area contributed by atoms with Gasteiger partial charge >= 0.3 is 0 Å². The molecule has 8 nitrogen and oxygen atoms in total. The number of amides is 1. The number of ether oxygens (including phenoxy) is 1. The number of carbonyl (C=O) groups excluding carboxylic acids is 1. The maximum absolute atomic E-state index is 12.0. The van der Waals surface area contributed by atoms with E-state index >= 15 is 0 Å². The van der Waals surface area contributed by atoms with Gasteiger partial charge in [0.1, 0.15) is 16.5 Å². The van der Waals surface area contributed by atoms with Crippen LogP contribution in [0.5, 0.6) is 5.75 Å². The van der Waals surface area contributed by atoms with E-state index in [2.05, 4.69) is 25.7 Å². The summed E-state index contributed by atoms with van der Waals surface area (Å²) >= 11 is 1.27. The van der Waals surface area contributed by atoms with Crippen molar-refractivity contribution in [2.45, 2.75) is 6.42 Å². The van der Waals surface area contributed by atoms with Gasteiger partial charge in [0.25, 0.3) is 11.5 Å². The summed E-state index contributed by atoms with van der Waals surface area (Å²) in [4.78, 5) is 22.9. The third-order valence-electron chi connectivity index (χ3n) is 3.09. The van der Waals surface area contributed by atoms with E-state index in [0.29, 0.717) is 11.6 Å². The Balaban J connectivity index is 1.67. The molecule has 2 N–H and O–H groups in total. The third kappa shape index (κ3) is 3.82. The number of methoxy groups -OCH3 is 1. The molecule has 0 unspecified atom stereocenters. The minimum Gasteiger partial charge on any atom is -0.497 e. The SMILES string of the molecule is COc1cccc(Cc2nnc(NC(=O)c3ccc(=O)[nH]n3)s2)c1. The molecule has 0 saturated heterocycles. The van der Waals surface area contributed by atoms with Gasteiger partial charge in [-0.3, -0.25) is 14.9 Å². The molecule has 0 fully saturated rings. The number of carbonyl (C=O) groups is 1. The van der Waals surface area contributed by atoms with Crippen LogP contribution in [-0.2, 0) is 6.42 Å². The molecule has 1 amide bonds. The maximum Gasteiger partial charge on any atom is 0.277 e. The van der Waals surface area contributed by atoms with E-state index in [1.807, 2.05) is 24.3 Å². The summed E-state index contributed by atoms with van der Waals surface area (Å²) in [5.74, 6) is 0.310. The molecule has 3 aromatic rings. The minimum absolute atomic E-state index is 0.0964. The number of aromatic nitrogens is 4. The van der Waals surface area contributed by atoms with Gasteiger partial charge in [-0.1, -0.05) is 23.5 Å². The van der Waals surface area contributed by atoms with Crippen LogP contribution < -0.4 is 15.6 Å². The molecule has 122 valence electrons. The van der Waals surface area contributed by atoms with E-state index in [0.717, 1.165) is 16.3 Å². The molecule has 9 heteroatoms. The Morgan fingerprint density at radius 3 is 2.92 bits per heavy atom. The van der Waals surface area contributed by atoms with Crippen LogP contribution >= 0.6 is 11.3 Å². The van der Waals surface area contributed by atoms with Crippen molar-refractivity contribution in [3.63, 3.8) is 0 Å². The lowest BCUT2D eigenvalue weighted by molar-refractivity contribution is 0.102. The van der Waals surface area contributed by atoms with Crippen molar-refractivity contribution < 1.29 is 9.53 Å². The van der Waals surface area contributed by atoms with E-state index in [-0.39, 0.29) is 11.3 Å². The first-order chi connectivity index (χ1) is 11.6. The number of hydrogen-bond acceptors (Lipinski definition) is 7. The van der Waals surface area contributed by atoms with Gasteiger partial charge in [-0.2, -0.15) is 5.10 Å². The first-order valence-corrected chi connectivity index (χ1v) is 7.78. The van der Waals surface area contributed by atoms with Gasteiger partial charge in [-0.05, 0) is 23.8 Å². The maximum atomic E-state index is 12.0. The number of hydrogen-bond donors (Lipinski definition) is 2. The van der Waals surface area contributed by atoms with Crippen LogP contribution in [0.4, 0.5) is 5.13 Å². The molecule has 2 aromatic heterocycles. The van der Waals surface area contributed by atoms with Crippen molar-refractivity contribution in [2.24, 2.45) is 0 Å². The summed E-state index contributed by atoms with van der Waals surface area (Å²) < 4.78 is 5.19. The molecule has 0 atom stereocenters. The highest BCUT2D eigenvalue weighted by atomic mass is 32.1. The van der Waals surface area contributed by atoms with E-state index in [1.165, 1.54) is 23.5 Å². The lowest BCUT2D eigenvalue weighted by Crippen LogP contribution is -2.17. The zero-order valence-corrected chi connectivity index (χ0v) is 13.5. The molecule has 24 heavy (non-hydrogen) atoms. The van der Waals surface area contributed by atoms with Gasteiger partial charge in [0.05, 0.1) is 7.11 Å². The molecule has 0 radical (unpaired) electrons. The first-order valence-electron chi connectivity index (χ1n) is 6.96. The number of benzene rings is 1. The summed E-state index contributed by atoms with van der Waals surface area (Å²) in [6.45, 7) is 0. The third-order valence-corrected chi connectivity index (χ3v) is 3.93. The van der Waals surface area contributed by atoms with Crippen molar-refractivity contribution >= 4 is 22.4 Å². The van der Waals surface area contributed by atoms with Crippen LogP contribution in [0, 0.1) is 0 Å². The van der Waals surface area contributed by atoms with E-state index in [1.54, 1.807) is 7.11 Å². The molecule has 0 aliphatic rings. The summed E-state index contributed by atoms with van der Waals surface area (Å²) in [5, 5.41) is 17.6. The molecule has 0 bridgehead atoms. The second-order valence-corrected chi connectivity index (χ2v) is 5.85. The normalized spacial score (nSPS) is 10.4. The fraction of sp³-hybridized carbons (Fsp3) is 0.133. The van der Waals surface area contributed by atoms with Crippen molar-refractivity contribution in [2.75, 3.05) is 12.4 Å². The van der Waals surface area contributed by atoms with Gasteiger partial charge in [0.15, 0.2) is 0 Å². The van der Waals surface area contributed by atoms with Crippen molar-refractivity contribution in [1.29, 1.82) is 0 Å². The monoisotopic (exact) mass is 343 g/mol. The Bertz CT molecular complexity index is 901. The summed E-state index contributed by atoms with van der Waals surface area (Å²) in [7, 11) is 1.61. The zero-order valence-electron chi connectivity index (χ0n) is 12.6. The van der Waals surface area contributed by atoms with E-state index in [9.17, 15) is 9.59 Å². The quantitative estimate of drug-likeness (QED) is 0.726. The standard InChI is InChI=1S/C15H13N5O3S/c1-23-10-4-2-3-9(7-10)8-13-19-20-15(24-13)16-14(22)11-5-6-12(21)18-17-11/h2-7H,8H2,1H3,(H,18,21)(H,16,20,22). The number of aromatic amines is 1. The van der Waals surface area contributed by atoms with Crippen LogP contribution in [0.25, 0.3) is 0 Å².